The maximum absolute atomic E-state index is 4.65. The van der Waals surface area contributed by atoms with Crippen molar-refractivity contribution >= 4 is 33.4 Å². The molecule has 0 amide bonds. The molecular formula is C23H24N6. The summed E-state index contributed by atoms with van der Waals surface area (Å²) in [5.41, 5.74) is 4.44. The van der Waals surface area contributed by atoms with Crippen molar-refractivity contribution in [1.29, 1.82) is 0 Å². The Balaban J connectivity index is 1.48. The third-order valence-electron chi connectivity index (χ3n) is 5.74. The summed E-state index contributed by atoms with van der Waals surface area (Å²) >= 11 is 0. The second-order valence-electron chi connectivity index (χ2n) is 7.92. The van der Waals surface area contributed by atoms with Crippen molar-refractivity contribution in [2.75, 3.05) is 29.4 Å². The molecule has 0 bridgehead atoms. The predicted molar refractivity (Wildman–Crippen MR) is 118 cm³/mol. The van der Waals surface area contributed by atoms with Crippen LogP contribution in [-0.4, -0.2) is 45.6 Å². The first-order chi connectivity index (χ1) is 14.1. The van der Waals surface area contributed by atoms with Gasteiger partial charge in [0, 0.05) is 36.4 Å². The molecule has 0 aliphatic carbocycles. The van der Waals surface area contributed by atoms with Crippen LogP contribution >= 0.6 is 0 Å². The van der Waals surface area contributed by atoms with Crippen molar-refractivity contribution in [3.05, 3.63) is 60.2 Å². The molecule has 1 fully saturated rings. The quantitative estimate of drug-likeness (QED) is 0.522. The zero-order valence-corrected chi connectivity index (χ0v) is 17.0. The van der Waals surface area contributed by atoms with Crippen LogP contribution in [0.4, 0.5) is 11.6 Å². The molecule has 2 aromatic carbocycles. The van der Waals surface area contributed by atoms with Gasteiger partial charge in [-0.3, -0.25) is 0 Å². The number of hydrogen-bond donors (Lipinski definition) is 0. The summed E-state index contributed by atoms with van der Waals surface area (Å²) < 4.78 is 0. The highest BCUT2D eigenvalue weighted by Gasteiger charge is 2.27. The second-order valence-corrected chi connectivity index (χ2v) is 7.92. The minimum Gasteiger partial charge on any atom is -0.352 e. The molecule has 4 aromatic rings. The Kier molecular flexibility index (Phi) is 4.27. The van der Waals surface area contributed by atoms with E-state index in [2.05, 4.69) is 86.9 Å². The fourth-order valence-electron chi connectivity index (χ4n) is 4.26. The fraction of sp³-hybridized carbons (Fsp3) is 0.304. The maximum atomic E-state index is 4.65. The number of aromatic nitrogens is 4. The number of fused-ring (bicyclic) bond motifs is 2. The second kappa shape index (κ2) is 6.95. The normalized spacial score (nSPS) is 17.3. The zero-order valence-electron chi connectivity index (χ0n) is 17.0. The van der Waals surface area contributed by atoms with Crippen molar-refractivity contribution in [3.63, 3.8) is 0 Å². The average molecular weight is 384 g/mol. The summed E-state index contributed by atoms with van der Waals surface area (Å²) in [4.78, 5) is 22.9. The summed E-state index contributed by atoms with van der Waals surface area (Å²) in [5, 5.41) is 2.24. The molecule has 29 heavy (non-hydrogen) atoms. The highest BCUT2D eigenvalue weighted by Crippen LogP contribution is 2.30. The molecule has 0 unspecified atom stereocenters. The van der Waals surface area contributed by atoms with E-state index in [-0.39, 0.29) is 0 Å². The topological polar surface area (TPSA) is 58.0 Å². The van der Waals surface area contributed by atoms with E-state index in [9.17, 15) is 0 Å². The minimum absolute atomic E-state index is 0.303. The van der Waals surface area contributed by atoms with Gasteiger partial charge in [-0.1, -0.05) is 23.3 Å². The Morgan fingerprint density at radius 3 is 1.97 bits per heavy atom. The van der Waals surface area contributed by atoms with Crippen LogP contribution in [0.2, 0.25) is 0 Å². The molecule has 0 saturated carbocycles. The molecule has 5 rings (SSSR count). The van der Waals surface area contributed by atoms with E-state index < -0.39 is 0 Å². The van der Waals surface area contributed by atoms with Gasteiger partial charge in [-0.15, -0.1) is 0 Å². The Morgan fingerprint density at radius 2 is 1.34 bits per heavy atom. The van der Waals surface area contributed by atoms with Gasteiger partial charge in [0.15, 0.2) is 0 Å². The minimum atomic E-state index is 0.303. The van der Waals surface area contributed by atoms with Gasteiger partial charge in [0.25, 0.3) is 0 Å². The first kappa shape index (κ1) is 17.8. The molecule has 2 aromatic heterocycles. The van der Waals surface area contributed by atoms with E-state index >= 15 is 0 Å². The van der Waals surface area contributed by atoms with Crippen LogP contribution in [0.25, 0.3) is 21.8 Å². The Labute approximate surface area is 170 Å². The number of benzene rings is 2. The molecule has 146 valence electrons. The van der Waals surface area contributed by atoms with E-state index in [0.29, 0.717) is 6.04 Å². The highest BCUT2D eigenvalue weighted by atomic mass is 15.3. The predicted octanol–water partition coefficient (Wildman–Crippen LogP) is 3.90. The first-order valence-corrected chi connectivity index (χ1v) is 10.0. The van der Waals surface area contributed by atoms with Crippen LogP contribution in [0.3, 0.4) is 0 Å². The lowest BCUT2D eigenvalue weighted by atomic mass is 10.1. The van der Waals surface area contributed by atoms with Gasteiger partial charge in [-0.25, -0.2) is 19.9 Å². The van der Waals surface area contributed by atoms with Crippen molar-refractivity contribution in [1.82, 2.24) is 19.9 Å². The van der Waals surface area contributed by atoms with Crippen molar-refractivity contribution in [3.8, 4) is 0 Å². The standard InChI is InChI=1S/C23H24N6/c1-15-4-6-20-18(10-15)22(26-13-24-20)28-8-9-29(17(3)12-28)23-19-11-16(2)5-7-21(19)25-14-27-23/h4-7,10-11,13-14,17H,8-9,12H2,1-3H3/t17-/m1/s1. The molecule has 0 N–H and O–H groups in total. The lowest BCUT2D eigenvalue weighted by Crippen LogP contribution is -2.52. The zero-order chi connectivity index (χ0) is 20.0. The molecular weight excluding hydrogens is 360 g/mol. The van der Waals surface area contributed by atoms with E-state index in [4.69, 9.17) is 0 Å². The van der Waals surface area contributed by atoms with E-state index in [1.807, 2.05) is 0 Å². The van der Waals surface area contributed by atoms with E-state index in [0.717, 1.165) is 53.1 Å². The summed E-state index contributed by atoms with van der Waals surface area (Å²) in [6.07, 6.45) is 3.34. The van der Waals surface area contributed by atoms with Gasteiger partial charge in [-0.2, -0.15) is 0 Å². The smallest absolute Gasteiger partial charge is 0.140 e. The fourth-order valence-corrected chi connectivity index (χ4v) is 4.26. The summed E-state index contributed by atoms with van der Waals surface area (Å²) in [6.45, 7) is 9.14. The van der Waals surface area contributed by atoms with Gasteiger partial charge >= 0.3 is 0 Å². The van der Waals surface area contributed by atoms with E-state index in [1.165, 1.54) is 11.1 Å². The van der Waals surface area contributed by atoms with Gasteiger partial charge < -0.3 is 9.80 Å². The van der Waals surface area contributed by atoms with Gasteiger partial charge in [0.05, 0.1) is 11.0 Å². The SMILES string of the molecule is Cc1ccc2ncnc(N3CCN(c4ncnc5ccc(C)cc45)[C@H](C)C3)c2c1. The monoisotopic (exact) mass is 384 g/mol. The van der Waals surface area contributed by atoms with Crippen LogP contribution in [0.15, 0.2) is 49.1 Å². The molecule has 1 atom stereocenters. The molecule has 0 radical (unpaired) electrons. The molecule has 3 heterocycles. The summed E-state index contributed by atoms with van der Waals surface area (Å²) in [5.74, 6) is 2.04. The van der Waals surface area contributed by atoms with Crippen LogP contribution in [-0.2, 0) is 0 Å². The third kappa shape index (κ3) is 3.14. The van der Waals surface area contributed by atoms with Gasteiger partial charge in [0.1, 0.15) is 24.3 Å². The Hall–Kier alpha value is -3.28. The van der Waals surface area contributed by atoms with Crippen LogP contribution < -0.4 is 9.80 Å². The van der Waals surface area contributed by atoms with Crippen molar-refractivity contribution in [2.45, 2.75) is 26.8 Å². The van der Waals surface area contributed by atoms with Crippen molar-refractivity contribution in [2.24, 2.45) is 0 Å². The molecule has 1 aliphatic rings. The first-order valence-electron chi connectivity index (χ1n) is 10.0. The van der Waals surface area contributed by atoms with Crippen LogP contribution in [0.5, 0.6) is 0 Å². The number of anilines is 2. The molecule has 6 heteroatoms. The number of hydrogen-bond acceptors (Lipinski definition) is 6. The lowest BCUT2D eigenvalue weighted by Gasteiger charge is -2.41. The number of piperazine rings is 1. The summed E-state index contributed by atoms with van der Waals surface area (Å²) in [7, 11) is 0. The van der Waals surface area contributed by atoms with Gasteiger partial charge in [0.2, 0.25) is 0 Å². The largest absolute Gasteiger partial charge is 0.352 e. The van der Waals surface area contributed by atoms with Gasteiger partial charge in [-0.05, 0) is 45.0 Å². The number of nitrogens with zero attached hydrogens (tertiary/aromatic N) is 6. The van der Waals surface area contributed by atoms with Crippen molar-refractivity contribution < 1.29 is 0 Å². The van der Waals surface area contributed by atoms with Crippen LogP contribution in [0.1, 0.15) is 18.1 Å². The third-order valence-corrected chi connectivity index (χ3v) is 5.74. The highest BCUT2D eigenvalue weighted by molar-refractivity contribution is 5.91. The molecule has 6 nitrogen and oxygen atoms in total. The Bertz CT molecular complexity index is 1200. The molecule has 1 aliphatic heterocycles. The number of rotatable bonds is 2. The number of aryl methyl sites for hydroxylation is 2. The molecule has 1 saturated heterocycles. The van der Waals surface area contributed by atoms with E-state index in [1.54, 1.807) is 12.7 Å². The molecule has 0 spiro atoms. The van der Waals surface area contributed by atoms with Crippen LogP contribution in [0, 0.1) is 13.8 Å². The maximum Gasteiger partial charge on any atom is 0.140 e. The Morgan fingerprint density at radius 1 is 0.759 bits per heavy atom. The average Bonchev–Trinajstić information content (AvgIpc) is 2.73. The summed E-state index contributed by atoms with van der Waals surface area (Å²) in [6, 6.07) is 13.0. The lowest BCUT2D eigenvalue weighted by molar-refractivity contribution is 0.545.